The highest BCUT2D eigenvalue weighted by atomic mass is 19.3. The molecule has 3 atom stereocenters. The van der Waals surface area contributed by atoms with Gasteiger partial charge in [0.05, 0.1) is 25.3 Å². The zero-order valence-corrected chi connectivity index (χ0v) is 14.5. The summed E-state index contributed by atoms with van der Waals surface area (Å²) in [6.45, 7) is -2.32. The maximum Gasteiger partial charge on any atom is 0.256 e. The van der Waals surface area contributed by atoms with E-state index in [9.17, 15) is 18.0 Å². The fourth-order valence-corrected chi connectivity index (χ4v) is 4.05. The number of aromatic nitrogens is 1. The molecule has 3 heterocycles. The molecule has 2 aromatic rings. The van der Waals surface area contributed by atoms with Crippen LogP contribution in [0.2, 0.25) is 0 Å². The van der Waals surface area contributed by atoms with Gasteiger partial charge in [0.25, 0.3) is 12.3 Å². The molecule has 1 amide bonds. The van der Waals surface area contributed by atoms with Crippen LogP contribution in [-0.4, -0.2) is 60.1 Å². The molecule has 2 aliphatic heterocycles. The number of fused-ring (bicyclic) bond motifs is 3. The number of hydrogen-bond donors (Lipinski definition) is 1. The molecule has 0 radical (unpaired) electrons. The van der Waals surface area contributed by atoms with E-state index in [0.29, 0.717) is 18.4 Å². The van der Waals surface area contributed by atoms with Gasteiger partial charge in [0.15, 0.2) is 0 Å². The van der Waals surface area contributed by atoms with E-state index in [1.54, 1.807) is 0 Å². The Morgan fingerprint density at radius 2 is 2.11 bits per heavy atom. The highest BCUT2D eigenvalue weighted by molar-refractivity contribution is 6.07. The highest BCUT2D eigenvalue weighted by Crippen LogP contribution is 2.28. The predicted molar refractivity (Wildman–Crippen MR) is 94.5 cm³/mol. The molecule has 2 saturated heterocycles. The number of rotatable bonds is 4. The Hall–Kier alpha value is -2.06. The molecule has 2 bridgehead atoms. The van der Waals surface area contributed by atoms with E-state index in [1.807, 2.05) is 0 Å². The third-order valence-electron chi connectivity index (χ3n) is 5.28. The lowest BCUT2D eigenvalue weighted by molar-refractivity contribution is -0.0670. The third-order valence-corrected chi connectivity index (χ3v) is 5.28. The Balaban J connectivity index is 1.56. The smallest absolute Gasteiger partial charge is 0.256 e. The molecule has 2 fully saturated rings. The zero-order valence-electron chi connectivity index (χ0n) is 17.5. The summed E-state index contributed by atoms with van der Waals surface area (Å²) in [5, 5.41) is 3.15. The number of hydrogen-bond acceptors (Lipinski definition) is 3. The highest BCUT2D eigenvalue weighted by Gasteiger charge is 2.37. The van der Waals surface area contributed by atoms with E-state index in [0.717, 1.165) is 12.1 Å². The van der Waals surface area contributed by atoms with Gasteiger partial charge < -0.3 is 14.6 Å². The van der Waals surface area contributed by atoms with Crippen molar-refractivity contribution in [2.24, 2.45) is 0 Å². The summed E-state index contributed by atoms with van der Waals surface area (Å²) < 4.78 is 69.6. The van der Waals surface area contributed by atoms with Crippen molar-refractivity contribution >= 4 is 16.8 Å². The first-order valence-electron chi connectivity index (χ1n) is 10.4. The molecule has 4 rings (SSSR count). The molecule has 0 saturated carbocycles. The number of carbonyl (C=O) groups excluding carboxylic acids is 1. The lowest BCUT2D eigenvalue weighted by Crippen LogP contribution is -2.59. The number of amides is 1. The first kappa shape index (κ1) is 14.9. The van der Waals surface area contributed by atoms with Gasteiger partial charge in [0.2, 0.25) is 0 Å². The summed E-state index contributed by atoms with van der Waals surface area (Å²) in [6, 6.07) is 2.70. The van der Waals surface area contributed by atoms with E-state index >= 15 is 0 Å². The number of benzene rings is 1. The molecule has 0 aliphatic carbocycles. The maximum atomic E-state index is 13.8. The number of piperidine rings is 1. The van der Waals surface area contributed by atoms with Gasteiger partial charge in [-0.25, -0.2) is 13.2 Å². The normalized spacial score (nSPS) is 28.0. The summed E-state index contributed by atoms with van der Waals surface area (Å²) in [6.07, 6.45) is -0.521. The molecule has 8 heteroatoms. The van der Waals surface area contributed by atoms with Crippen LogP contribution >= 0.6 is 0 Å². The Labute approximate surface area is 159 Å². The van der Waals surface area contributed by atoms with Gasteiger partial charge >= 0.3 is 0 Å². The van der Waals surface area contributed by atoms with Crippen LogP contribution in [-0.2, 0) is 11.3 Å². The van der Waals surface area contributed by atoms with E-state index in [-0.39, 0.29) is 42.3 Å². The molecule has 27 heavy (non-hydrogen) atoms. The van der Waals surface area contributed by atoms with Crippen LogP contribution in [0.5, 0.6) is 0 Å². The first-order chi connectivity index (χ1) is 14.1. The van der Waals surface area contributed by atoms with Crippen molar-refractivity contribution in [3.05, 3.63) is 35.8 Å². The number of alkyl halides is 2. The van der Waals surface area contributed by atoms with Crippen molar-refractivity contribution in [1.82, 2.24) is 14.8 Å². The second kappa shape index (κ2) is 7.16. The van der Waals surface area contributed by atoms with Gasteiger partial charge in [-0.05, 0) is 38.0 Å². The van der Waals surface area contributed by atoms with Gasteiger partial charge in [-0.1, -0.05) is 0 Å². The van der Waals surface area contributed by atoms with E-state index in [4.69, 9.17) is 8.85 Å². The van der Waals surface area contributed by atoms with E-state index < -0.39 is 31.7 Å². The second-order valence-electron chi connectivity index (χ2n) is 7.14. The standard InChI is InChI=1S/C19H22F3N3O2/c1-24-13-5-12(6-14(24)10-27-9-13)23-19(26)16-7-25(8-18(21)22)17-3-2-11(20)4-15(16)17/h2-4,7,12-14,18H,5-6,8-10H2,1H3,(H,23,26)/t12?,13-,14+/i1D3. The van der Waals surface area contributed by atoms with Crippen LogP contribution in [0.4, 0.5) is 13.2 Å². The molecule has 1 aromatic heterocycles. The number of nitrogens with one attached hydrogen (secondary N) is 1. The monoisotopic (exact) mass is 384 g/mol. The molecule has 5 nitrogen and oxygen atoms in total. The Bertz CT molecular complexity index is 936. The average molecular weight is 384 g/mol. The molecular weight excluding hydrogens is 359 g/mol. The number of nitrogens with zero attached hydrogens (tertiary/aromatic N) is 2. The quantitative estimate of drug-likeness (QED) is 0.882. The predicted octanol–water partition coefficient (Wildman–Crippen LogP) is 2.64. The molecule has 146 valence electrons. The fraction of sp³-hybridized carbons (Fsp3) is 0.526. The average Bonchev–Trinajstić information content (AvgIpc) is 2.97. The van der Waals surface area contributed by atoms with Crippen LogP contribution in [0.25, 0.3) is 10.9 Å². The number of halogens is 3. The molecule has 1 N–H and O–H groups in total. The van der Waals surface area contributed by atoms with Crippen molar-refractivity contribution in [2.75, 3.05) is 20.2 Å². The maximum absolute atomic E-state index is 13.8. The topological polar surface area (TPSA) is 46.5 Å². The summed E-state index contributed by atoms with van der Waals surface area (Å²) >= 11 is 0. The number of ether oxygens (including phenoxy) is 1. The molecule has 1 aromatic carbocycles. The van der Waals surface area contributed by atoms with Crippen molar-refractivity contribution in [1.29, 1.82) is 0 Å². The lowest BCUT2D eigenvalue weighted by atomic mass is 9.90. The van der Waals surface area contributed by atoms with Crippen molar-refractivity contribution in [3.63, 3.8) is 0 Å². The zero-order chi connectivity index (χ0) is 21.6. The minimum atomic E-state index is -2.62. The molecule has 1 unspecified atom stereocenters. The Kier molecular flexibility index (Phi) is 3.96. The summed E-state index contributed by atoms with van der Waals surface area (Å²) in [5.41, 5.74) is 0.467. The fourth-order valence-electron chi connectivity index (χ4n) is 4.05. The van der Waals surface area contributed by atoms with Gasteiger partial charge in [-0.15, -0.1) is 0 Å². The molecule has 0 spiro atoms. The van der Waals surface area contributed by atoms with Gasteiger partial charge in [-0.3, -0.25) is 9.69 Å². The van der Waals surface area contributed by atoms with Crippen LogP contribution in [0, 0.1) is 5.82 Å². The Morgan fingerprint density at radius 1 is 1.37 bits per heavy atom. The summed E-state index contributed by atoms with van der Waals surface area (Å²) in [7, 11) is 0. The minimum Gasteiger partial charge on any atom is -0.378 e. The van der Waals surface area contributed by atoms with E-state index in [1.165, 1.54) is 21.7 Å². The third kappa shape index (κ3) is 3.55. The summed E-state index contributed by atoms with van der Waals surface area (Å²) in [4.78, 5) is 14.4. The van der Waals surface area contributed by atoms with Gasteiger partial charge in [-0.2, -0.15) is 0 Å². The van der Waals surface area contributed by atoms with E-state index in [2.05, 4.69) is 5.32 Å². The number of carbonyl (C=O) groups is 1. The lowest BCUT2D eigenvalue weighted by Gasteiger charge is -2.46. The first-order valence-corrected chi connectivity index (χ1v) is 8.87. The number of likely N-dealkylation sites (N-methyl/N-ethyl adjacent to an activating group) is 1. The minimum absolute atomic E-state index is 0.116. The van der Waals surface area contributed by atoms with Crippen LogP contribution < -0.4 is 5.32 Å². The van der Waals surface area contributed by atoms with Crippen LogP contribution in [0.15, 0.2) is 24.4 Å². The Morgan fingerprint density at radius 3 is 2.78 bits per heavy atom. The largest absolute Gasteiger partial charge is 0.378 e. The van der Waals surface area contributed by atoms with Crippen molar-refractivity contribution < 1.29 is 26.8 Å². The SMILES string of the molecule is [2H]C([2H])([2H])N1[C@@H]2COC[C@H]1CC(NC(=O)c1cn(CC(F)F)c3ccc(F)cc13)C2. The van der Waals surface area contributed by atoms with Gasteiger partial charge in [0.1, 0.15) is 5.82 Å². The molecule has 2 aliphatic rings. The molecular formula is C19H22F3N3O2. The van der Waals surface area contributed by atoms with Crippen molar-refractivity contribution in [3.8, 4) is 0 Å². The number of morpholine rings is 1. The summed E-state index contributed by atoms with van der Waals surface area (Å²) in [5.74, 6) is -1.06. The van der Waals surface area contributed by atoms with Gasteiger partial charge in [0, 0.05) is 39.3 Å². The second-order valence-corrected chi connectivity index (χ2v) is 7.14. The van der Waals surface area contributed by atoms with Crippen LogP contribution in [0.3, 0.4) is 0 Å². The van der Waals surface area contributed by atoms with Crippen LogP contribution in [0.1, 0.15) is 27.3 Å². The van der Waals surface area contributed by atoms with Crippen molar-refractivity contribution in [2.45, 2.75) is 43.9 Å².